The number of aryl methyl sites for hydroxylation is 2. The number of fused-ring (bicyclic) bond motifs is 1. The fourth-order valence-corrected chi connectivity index (χ4v) is 5.03. The van der Waals surface area contributed by atoms with Crippen molar-refractivity contribution in [3.05, 3.63) is 116 Å². The minimum Gasteiger partial charge on any atom is -0.340 e. The molecule has 5 rings (SSSR count). The lowest BCUT2D eigenvalue weighted by molar-refractivity contribution is 0.102. The van der Waals surface area contributed by atoms with Crippen molar-refractivity contribution < 1.29 is 4.79 Å². The topological polar surface area (TPSA) is 51.9 Å². The Morgan fingerprint density at radius 3 is 2.33 bits per heavy atom. The van der Waals surface area contributed by atoms with Gasteiger partial charge in [0.15, 0.2) is 5.82 Å². The van der Waals surface area contributed by atoms with Gasteiger partial charge in [-0.3, -0.25) is 9.48 Å². The summed E-state index contributed by atoms with van der Waals surface area (Å²) in [6.07, 6.45) is 0. The highest BCUT2D eigenvalue weighted by atomic mass is 35.5. The van der Waals surface area contributed by atoms with E-state index in [0.29, 0.717) is 28.0 Å². The summed E-state index contributed by atoms with van der Waals surface area (Å²) in [5.74, 6) is 0.278. The van der Waals surface area contributed by atoms with Gasteiger partial charge in [-0.2, -0.15) is 5.10 Å². The van der Waals surface area contributed by atoms with Crippen LogP contribution in [0.5, 0.6) is 0 Å². The highest BCUT2D eigenvalue weighted by molar-refractivity contribution is 6.36. The zero-order chi connectivity index (χ0) is 25.4. The molecule has 1 N–H and O–H groups in total. The van der Waals surface area contributed by atoms with Gasteiger partial charge >= 0.3 is 0 Å². The predicted octanol–water partition coefficient (Wildman–Crippen LogP) is 7.42. The van der Waals surface area contributed by atoms with Crippen LogP contribution in [0.1, 0.15) is 38.4 Å². The van der Waals surface area contributed by atoms with E-state index in [1.807, 2.05) is 43.3 Å². The normalized spacial score (nSPS) is 11.2. The molecule has 182 valence electrons. The lowest BCUT2D eigenvalue weighted by Gasteiger charge is -2.09. The number of anilines is 1. The van der Waals surface area contributed by atoms with Crippen LogP contribution in [0.4, 0.5) is 5.82 Å². The number of nitrogens with one attached hydrogen (secondary N) is 1. The van der Waals surface area contributed by atoms with Crippen molar-refractivity contribution in [2.75, 3.05) is 5.32 Å². The molecule has 5 aromatic rings. The van der Waals surface area contributed by atoms with Crippen molar-refractivity contribution in [1.29, 1.82) is 0 Å². The van der Waals surface area contributed by atoms with Crippen molar-refractivity contribution in [2.45, 2.75) is 33.9 Å². The van der Waals surface area contributed by atoms with Crippen molar-refractivity contribution in [1.82, 2.24) is 14.3 Å². The van der Waals surface area contributed by atoms with E-state index in [-0.39, 0.29) is 5.91 Å². The number of aromatic nitrogens is 3. The van der Waals surface area contributed by atoms with Crippen LogP contribution in [0.3, 0.4) is 0 Å². The maximum absolute atomic E-state index is 13.1. The highest BCUT2D eigenvalue weighted by Gasteiger charge is 2.16. The molecule has 3 aromatic carbocycles. The molecule has 0 radical (unpaired) electrons. The molecule has 5 nitrogen and oxygen atoms in total. The van der Waals surface area contributed by atoms with E-state index >= 15 is 0 Å². The van der Waals surface area contributed by atoms with Gasteiger partial charge in [0.1, 0.15) is 0 Å². The number of hydrogen-bond acceptors (Lipinski definition) is 2. The Hall–Kier alpha value is -3.54. The first-order chi connectivity index (χ1) is 17.3. The first-order valence-corrected chi connectivity index (χ1v) is 12.5. The third-order valence-electron chi connectivity index (χ3n) is 6.68. The standard InChI is InChI=1S/C29H26Cl2N4O/c1-18-14-28(33-35(18)17-24-25(30)10-7-11-26(24)31)32-29(36)22-12-13-27-23(15-22)19(2)20(3)34(27)16-21-8-5-4-6-9-21/h4-15H,16-17H2,1-3H3,(H,32,33,36). The van der Waals surface area contributed by atoms with Gasteiger partial charge in [-0.1, -0.05) is 59.6 Å². The Bertz CT molecular complexity index is 1560. The fraction of sp³-hybridized carbons (Fsp3) is 0.172. The lowest BCUT2D eigenvalue weighted by atomic mass is 10.1. The highest BCUT2D eigenvalue weighted by Crippen LogP contribution is 2.28. The molecule has 7 heteroatoms. The zero-order valence-electron chi connectivity index (χ0n) is 20.3. The maximum Gasteiger partial charge on any atom is 0.256 e. The second-order valence-electron chi connectivity index (χ2n) is 9.00. The quantitative estimate of drug-likeness (QED) is 0.255. The summed E-state index contributed by atoms with van der Waals surface area (Å²) in [5, 5.41) is 9.74. The number of halogens is 2. The average molecular weight is 517 g/mol. The summed E-state index contributed by atoms with van der Waals surface area (Å²) >= 11 is 12.6. The summed E-state index contributed by atoms with van der Waals surface area (Å²) in [6, 6.07) is 23.5. The largest absolute Gasteiger partial charge is 0.340 e. The van der Waals surface area contributed by atoms with Crippen LogP contribution in [0.25, 0.3) is 10.9 Å². The number of carbonyl (C=O) groups is 1. The summed E-state index contributed by atoms with van der Waals surface area (Å²) in [6.45, 7) is 7.36. The van der Waals surface area contributed by atoms with E-state index in [4.69, 9.17) is 23.2 Å². The lowest BCUT2D eigenvalue weighted by Crippen LogP contribution is -2.13. The molecule has 0 aliphatic rings. The van der Waals surface area contributed by atoms with Crippen LogP contribution in [0.15, 0.2) is 72.8 Å². The van der Waals surface area contributed by atoms with Gasteiger partial charge in [0, 0.05) is 56.1 Å². The summed E-state index contributed by atoms with van der Waals surface area (Å²) in [5.41, 5.74) is 6.99. The Kier molecular flexibility index (Phi) is 6.61. The van der Waals surface area contributed by atoms with Gasteiger partial charge in [0.25, 0.3) is 5.91 Å². The number of nitrogens with zero attached hydrogens (tertiary/aromatic N) is 3. The van der Waals surface area contributed by atoms with Crippen LogP contribution >= 0.6 is 23.2 Å². The molecule has 0 bridgehead atoms. The third kappa shape index (κ3) is 4.64. The summed E-state index contributed by atoms with van der Waals surface area (Å²) < 4.78 is 4.08. The number of carbonyl (C=O) groups excluding carboxylic acids is 1. The van der Waals surface area contributed by atoms with E-state index in [9.17, 15) is 4.79 Å². The van der Waals surface area contributed by atoms with E-state index < -0.39 is 0 Å². The summed E-state index contributed by atoms with van der Waals surface area (Å²) in [7, 11) is 0. The van der Waals surface area contributed by atoms with Crippen molar-refractivity contribution in [3.63, 3.8) is 0 Å². The van der Waals surface area contributed by atoms with Gasteiger partial charge in [0.2, 0.25) is 0 Å². The monoisotopic (exact) mass is 516 g/mol. The van der Waals surface area contributed by atoms with Crippen molar-refractivity contribution in [2.24, 2.45) is 0 Å². The Balaban J connectivity index is 1.38. The van der Waals surface area contributed by atoms with E-state index in [1.54, 1.807) is 16.8 Å². The maximum atomic E-state index is 13.1. The molecule has 0 saturated heterocycles. The molecule has 0 aliphatic carbocycles. The van der Waals surface area contributed by atoms with Gasteiger partial charge in [0.05, 0.1) is 6.54 Å². The molecular weight excluding hydrogens is 491 g/mol. The molecule has 0 fully saturated rings. The molecule has 0 saturated carbocycles. The zero-order valence-corrected chi connectivity index (χ0v) is 21.9. The van der Waals surface area contributed by atoms with Crippen LogP contribution in [-0.4, -0.2) is 20.3 Å². The molecule has 0 unspecified atom stereocenters. The minimum absolute atomic E-state index is 0.204. The fourth-order valence-electron chi connectivity index (χ4n) is 4.51. The van der Waals surface area contributed by atoms with Gasteiger partial charge in [-0.15, -0.1) is 0 Å². The number of rotatable bonds is 6. The first kappa shape index (κ1) is 24.2. The van der Waals surface area contributed by atoms with Crippen molar-refractivity contribution >= 4 is 45.8 Å². The molecule has 36 heavy (non-hydrogen) atoms. The first-order valence-electron chi connectivity index (χ1n) is 11.7. The predicted molar refractivity (Wildman–Crippen MR) is 147 cm³/mol. The Labute approximate surface area is 220 Å². The molecule has 0 atom stereocenters. The van der Waals surface area contributed by atoms with Crippen molar-refractivity contribution in [3.8, 4) is 0 Å². The van der Waals surface area contributed by atoms with Gasteiger partial charge in [-0.05, 0) is 62.2 Å². The van der Waals surface area contributed by atoms with E-state index in [2.05, 4.69) is 53.1 Å². The number of benzene rings is 3. The number of hydrogen-bond donors (Lipinski definition) is 1. The van der Waals surface area contributed by atoms with Crippen LogP contribution in [0, 0.1) is 20.8 Å². The SMILES string of the molecule is Cc1c(C)n(Cc2ccccc2)c2ccc(C(=O)Nc3cc(C)n(Cc4c(Cl)cccc4Cl)n3)cc12. The third-order valence-corrected chi connectivity index (χ3v) is 7.39. The Morgan fingerprint density at radius 1 is 0.889 bits per heavy atom. The molecule has 2 aromatic heterocycles. The van der Waals surface area contributed by atoms with Gasteiger partial charge < -0.3 is 9.88 Å². The molecular formula is C29H26Cl2N4O. The van der Waals surface area contributed by atoms with Crippen LogP contribution in [0.2, 0.25) is 10.0 Å². The van der Waals surface area contributed by atoms with Crippen LogP contribution in [-0.2, 0) is 13.1 Å². The van der Waals surface area contributed by atoms with E-state index in [1.165, 1.54) is 16.8 Å². The second kappa shape index (κ2) is 9.84. The minimum atomic E-state index is -0.204. The summed E-state index contributed by atoms with van der Waals surface area (Å²) in [4.78, 5) is 13.1. The Morgan fingerprint density at radius 2 is 1.61 bits per heavy atom. The van der Waals surface area contributed by atoms with Gasteiger partial charge in [-0.25, -0.2) is 0 Å². The molecule has 0 spiro atoms. The molecule has 1 amide bonds. The smallest absolute Gasteiger partial charge is 0.256 e. The number of amides is 1. The average Bonchev–Trinajstić information content (AvgIpc) is 3.33. The van der Waals surface area contributed by atoms with E-state index in [0.717, 1.165) is 28.7 Å². The second-order valence-corrected chi connectivity index (χ2v) is 9.81. The van der Waals surface area contributed by atoms with Crippen LogP contribution < -0.4 is 5.32 Å². The molecule has 2 heterocycles. The molecule has 0 aliphatic heterocycles.